The van der Waals surface area contributed by atoms with Gasteiger partial charge in [-0.1, -0.05) is 26.8 Å². The number of carbonyl (C=O) groups excluding carboxylic acids is 1. The van der Waals surface area contributed by atoms with E-state index in [4.69, 9.17) is 9.47 Å². The first-order valence-corrected chi connectivity index (χ1v) is 10.1. The average molecular weight is 375 g/mol. The topological polar surface area (TPSA) is 42.0 Å². The molecule has 0 aromatic heterocycles. The van der Waals surface area contributed by atoms with Gasteiger partial charge in [-0.3, -0.25) is 9.69 Å². The van der Waals surface area contributed by atoms with E-state index >= 15 is 0 Å². The number of benzene rings is 1. The van der Waals surface area contributed by atoms with Crippen molar-refractivity contribution in [3.8, 4) is 11.5 Å². The highest BCUT2D eigenvalue weighted by molar-refractivity contribution is 5.92. The SMILES string of the molecule is CCCOc1ccc(/C=C/C(=O)N2CCN(CC(C)C)CC2)cc1OCC. The van der Waals surface area contributed by atoms with Gasteiger partial charge in [0.15, 0.2) is 11.5 Å². The fourth-order valence-corrected chi connectivity index (χ4v) is 3.17. The van der Waals surface area contributed by atoms with Crippen molar-refractivity contribution in [1.82, 2.24) is 9.80 Å². The summed E-state index contributed by atoms with van der Waals surface area (Å²) >= 11 is 0. The standard InChI is InChI=1S/C22H34N2O3/c1-5-15-27-20-9-7-19(16-21(20)26-6-2)8-10-22(25)24-13-11-23(12-14-24)17-18(3)4/h7-10,16,18H,5-6,11-15,17H2,1-4H3/b10-8+. The van der Waals surface area contributed by atoms with Crippen LogP contribution in [0.25, 0.3) is 6.08 Å². The molecule has 0 saturated carbocycles. The largest absolute Gasteiger partial charge is 0.490 e. The van der Waals surface area contributed by atoms with Gasteiger partial charge in [-0.2, -0.15) is 0 Å². The van der Waals surface area contributed by atoms with E-state index in [1.807, 2.05) is 36.1 Å². The van der Waals surface area contributed by atoms with Gasteiger partial charge in [0.1, 0.15) is 0 Å². The minimum Gasteiger partial charge on any atom is -0.490 e. The Kier molecular flexibility index (Phi) is 8.65. The molecule has 1 heterocycles. The summed E-state index contributed by atoms with van der Waals surface area (Å²) in [7, 11) is 0. The number of amides is 1. The molecular formula is C22H34N2O3. The molecule has 1 fully saturated rings. The number of hydrogen-bond donors (Lipinski definition) is 0. The maximum Gasteiger partial charge on any atom is 0.246 e. The van der Waals surface area contributed by atoms with Crippen LogP contribution in [0, 0.1) is 5.92 Å². The Bertz CT molecular complexity index is 620. The van der Waals surface area contributed by atoms with E-state index in [1.165, 1.54) is 0 Å². The van der Waals surface area contributed by atoms with Gasteiger partial charge in [0.05, 0.1) is 13.2 Å². The predicted octanol–water partition coefficient (Wildman–Crippen LogP) is 3.69. The Morgan fingerprint density at radius 2 is 1.85 bits per heavy atom. The zero-order valence-electron chi connectivity index (χ0n) is 17.2. The maximum atomic E-state index is 12.5. The minimum atomic E-state index is 0.0727. The molecule has 0 bridgehead atoms. The van der Waals surface area contributed by atoms with Crippen LogP contribution >= 0.6 is 0 Å². The van der Waals surface area contributed by atoms with Crippen LogP contribution in [0.4, 0.5) is 0 Å². The summed E-state index contributed by atoms with van der Waals surface area (Å²) in [5, 5.41) is 0. The van der Waals surface area contributed by atoms with Crippen LogP contribution < -0.4 is 9.47 Å². The number of rotatable bonds is 9. The molecule has 5 nitrogen and oxygen atoms in total. The normalized spacial score (nSPS) is 15.5. The Morgan fingerprint density at radius 1 is 1.11 bits per heavy atom. The number of nitrogens with zero attached hydrogens (tertiary/aromatic N) is 2. The van der Waals surface area contributed by atoms with E-state index in [9.17, 15) is 4.79 Å². The van der Waals surface area contributed by atoms with E-state index in [0.717, 1.165) is 56.2 Å². The van der Waals surface area contributed by atoms with Crippen molar-refractivity contribution >= 4 is 12.0 Å². The van der Waals surface area contributed by atoms with E-state index in [-0.39, 0.29) is 5.91 Å². The molecule has 0 radical (unpaired) electrons. The average Bonchev–Trinajstić information content (AvgIpc) is 2.65. The molecule has 0 spiro atoms. The molecule has 27 heavy (non-hydrogen) atoms. The lowest BCUT2D eigenvalue weighted by Gasteiger charge is -2.35. The third-order valence-electron chi connectivity index (χ3n) is 4.45. The quantitative estimate of drug-likeness (QED) is 0.618. The van der Waals surface area contributed by atoms with E-state index in [0.29, 0.717) is 19.1 Å². The van der Waals surface area contributed by atoms with Crippen molar-refractivity contribution in [2.45, 2.75) is 34.1 Å². The molecule has 1 aliphatic heterocycles. The zero-order chi connectivity index (χ0) is 19.6. The highest BCUT2D eigenvalue weighted by Crippen LogP contribution is 2.29. The maximum absolute atomic E-state index is 12.5. The van der Waals surface area contributed by atoms with Crippen molar-refractivity contribution in [2.75, 3.05) is 45.9 Å². The summed E-state index contributed by atoms with van der Waals surface area (Å²) in [4.78, 5) is 16.8. The van der Waals surface area contributed by atoms with Crippen LogP contribution in [0.15, 0.2) is 24.3 Å². The Labute approximate surface area is 163 Å². The smallest absolute Gasteiger partial charge is 0.246 e. The molecule has 0 atom stereocenters. The van der Waals surface area contributed by atoms with Crippen LogP contribution in [0.1, 0.15) is 39.7 Å². The second-order valence-corrected chi connectivity index (χ2v) is 7.34. The lowest BCUT2D eigenvalue weighted by molar-refractivity contribution is -0.127. The van der Waals surface area contributed by atoms with Gasteiger partial charge in [-0.05, 0) is 43.0 Å². The summed E-state index contributed by atoms with van der Waals surface area (Å²) in [6.07, 6.45) is 4.47. The summed E-state index contributed by atoms with van der Waals surface area (Å²) in [5.74, 6) is 2.21. The molecule has 0 unspecified atom stereocenters. The Morgan fingerprint density at radius 3 is 2.48 bits per heavy atom. The monoisotopic (exact) mass is 374 g/mol. The first kappa shape index (κ1) is 21.3. The van der Waals surface area contributed by atoms with Crippen LogP contribution in [0.2, 0.25) is 0 Å². The predicted molar refractivity (Wildman–Crippen MR) is 110 cm³/mol. The number of carbonyl (C=O) groups is 1. The molecule has 5 heteroatoms. The van der Waals surface area contributed by atoms with Crippen molar-refractivity contribution < 1.29 is 14.3 Å². The minimum absolute atomic E-state index is 0.0727. The lowest BCUT2D eigenvalue weighted by Crippen LogP contribution is -2.49. The second kappa shape index (κ2) is 11.0. The number of hydrogen-bond acceptors (Lipinski definition) is 4. The molecule has 1 aliphatic rings. The summed E-state index contributed by atoms with van der Waals surface area (Å²) in [6, 6.07) is 5.80. The molecule has 2 rings (SSSR count). The van der Waals surface area contributed by atoms with E-state index < -0.39 is 0 Å². The molecule has 150 valence electrons. The van der Waals surface area contributed by atoms with Crippen molar-refractivity contribution in [1.29, 1.82) is 0 Å². The van der Waals surface area contributed by atoms with Crippen LogP contribution in [-0.4, -0.2) is 61.6 Å². The molecule has 1 amide bonds. The third-order valence-corrected chi connectivity index (χ3v) is 4.45. The van der Waals surface area contributed by atoms with Gasteiger partial charge in [0.2, 0.25) is 5.91 Å². The molecule has 1 saturated heterocycles. The van der Waals surface area contributed by atoms with Gasteiger partial charge < -0.3 is 14.4 Å². The molecule has 0 N–H and O–H groups in total. The molecule has 1 aromatic rings. The molecule has 0 aliphatic carbocycles. The Hall–Kier alpha value is -2.01. The number of piperazine rings is 1. The van der Waals surface area contributed by atoms with Gasteiger partial charge in [0.25, 0.3) is 0 Å². The fourth-order valence-electron chi connectivity index (χ4n) is 3.17. The van der Waals surface area contributed by atoms with Crippen LogP contribution in [-0.2, 0) is 4.79 Å². The fraction of sp³-hybridized carbons (Fsp3) is 0.591. The van der Waals surface area contributed by atoms with Gasteiger partial charge in [0, 0.05) is 38.8 Å². The number of ether oxygens (including phenoxy) is 2. The van der Waals surface area contributed by atoms with Crippen molar-refractivity contribution in [2.24, 2.45) is 5.92 Å². The summed E-state index contributed by atoms with van der Waals surface area (Å²) < 4.78 is 11.4. The lowest BCUT2D eigenvalue weighted by atomic mass is 10.1. The van der Waals surface area contributed by atoms with E-state index in [2.05, 4.69) is 25.7 Å². The Balaban J connectivity index is 1.94. The first-order chi connectivity index (χ1) is 13.0. The van der Waals surface area contributed by atoms with E-state index in [1.54, 1.807) is 6.08 Å². The van der Waals surface area contributed by atoms with Gasteiger partial charge >= 0.3 is 0 Å². The highest BCUT2D eigenvalue weighted by atomic mass is 16.5. The van der Waals surface area contributed by atoms with Gasteiger partial charge in [-0.15, -0.1) is 0 Å². The third kappa shape index (κ3) is 6.90. The summed E-state index contributed by atoms with van der Waals surface area (Å²) in [5.41, 5.74) is 0.939. The molecule has 1 aromatic carbocycles. The second-order valence-electron chi connectivity index (χ2n) is 7.34. The van der Waals surface area contributed by atoms with Gasteiger partial charge in [-0.25, -0.2) is 0 Å². The zero-order valence-corrected chi connectivity index (χ0v) is 17.2. The highest BCUT2D eigenvalue weighted by Gasteiger charge is 2.19. The first-order valence-electron chi connectivity index (χ1n) is 10.1. The van der Waals surface area contributed by atoms with Crippen molar-refractivity contribution in [3.05, 3.63) is 29.8 Å². The van der Waals surface area contributed by atoms with Crippen molar-refractivity contribution in [3.63, 3.8) is 0 Å². The summed E-state index contributed by atoms with van der Waals surface area (Å²) in [6.45, 7) is 14.3. The molecular weight excluding hydrogens is 340 g/mol. The van der Waals surface area contributed by atoms with Crippen LogP contribution in [0.5, 0.6) is 11.5 Å². The van der Waals surface area contributed by atoms with Crippen LogP contribution in [0.3, 0.4) is 0 Å².